The fraction of sp³-hybridized carbons (Fsp3) is 0.857. The van der Waals surface area contributed by atoms with Crippen molar-refractivity contribution in [1.29, 1.82) is 0 Å². The molecule has 0 heterocycles. The van der Waals surface area contributed by atoms with E-state index in [-0.39, 0.29) is 12.2 Å². The maximum atomic E-state index is 11.8. The molecule has 3 saturated carbocycles. The summed E-state index contributed by atoms with van der Waals surface area (Å²) in [5.74, 6) is 4.76. The van der Waals surface area contributed by atoms with Gasteiger partial charge in [0.25, 0.3) is 0 Å². The van der Waals surface area contributed by atoms with Crippen LogP contribution >= 0.6 is 0 Å². The third-order valence-electron chi connectivity index (χ3n) is 7.39. The average Bonchev–Trinajstić information content (AvgIpc) is 3.08. The van der Waals surface area contributed by atoms with Crippen molar-refractivity contribution in [3.63, 3.8) is 0 Å². The van der Waals surface area contributed by atoms with Crippen molar-refractivity contribution in [3.05, 3.63) is 11.6 Å². The van der Waals surface area contributed by atoms with Gasteiger partial charge < -0.3 is 10.1 Å². The Labute approximate surface area is 146 Å². The van der Waals surface area contributed by atoms with E-state index in [1.165, 1.54) is 44.9 Å². The summed E-state index contributed by atoms with van der Waals surface area (Å²) in [6, 6.07) is 0. The molecule has 2 unspecified atom stereocenters. The largest absolute Gasteiger partial charge is 0.446 e. The number of rotatable bonds is 3. The van der Waals surface area contributed by atoms with Gasteiger partial charge in [-0.15, -0.1) is 0 Å². The molecule has 6 atom stereocenters. The van der Waals surface area contributed by atoms with E-state index >= 15 is 0 Å². The molecule has 0 aromatic heterocycles. The molecule has 3 fully saturated rings. The minimum Gasteiger partial charge on any atom is -0.446 e. The second kappa shape index (κ2) is 7.09. The zero-order chi connectivity index (χ0) is 16.5. The van der Waals surface area contributed by atoms with E-state index in [2.05, 4.69) is 18.3 Å². The van der Waals surface area contributed by atoms with E-state index in [1.54, 1.807) is 5.57 Å². The van der Waals surface area contributed by atoms with Crippen LogP contribution in [0, 0.1) is 29.6 Å². The molecule has 1 N–H and O–H groups in total. The molecule has 4 aliphatic carbocycles. The lowest BCUT2D eigenvalue weighted by atomic mass is 9.57. The SMILES string of the molecule is CCCNC(=O)O[C@H]1CCC2C(=CC[C@H]3[C@@H]4CCCC4CC[C@H]23)C1. The van der Waals surface area contributed by atoms with E-state index in [0.29, 0.717) is 6.54 Å². The molecule has 0 aliphatic heterocycles. The van der Waals surface area contributed by atoms with E-state index in [1.807, 2.05) is 0 Å². The van der Waals surface area contributed by atoms with Crippen molar-refractivity contribution in [3.8, 4) is 0 Å². The lowest BCUT2D eigenvalue weighted by Crippen LogP contribution is -2.41. The molecule has 24 heavy (non-hydrogen) atoms. The van der Waals surface area contributed by atoms with Gasteiger partial charge in [0.2, 0.25) is 0 Å². The Kier molecular flexibility index (Phi) is 4.87. The molecular weight excluding hydrogens is 298 g/mol. The zero-order valence-corrected chi connectivity index (χ0v) is 15.1. The molecule has 3 nitrogen and oxygen atoms in total. The number of carbonyl (C=O) groups excluding carboxylic acids is 1. The van der Waals surface area contributed by atoms with Gasteiger partial charge in [0.15, 0.2) is 0 Å². The molecule has 0 aromatic rings. The van der Waals surface area contributed by atoms with Crippen molar-refractivity contribution < 1.29 is 9.53 Å². The molecular formula is C21H33NO2. The highest BCUT2D eigenvalue weighted by Crippen LogP contribution is 2.56. The predicted octanol–water partition coefficient (Wildman–Crippen LogP) is 5.06. The second-order valence-electron chi connectivity index (χ2n) is 8.62. The Balaban J connectivity index is 1.38. The number of carbonyl (C=O) groups is 1. The minimum atomic E-state index is -0.221. The van der Waals surface area contributed by atoms with E-state index in [9.17, 15) is 4.79 Å². The topological polar surface area (TPSA) is 38.3 Å². The maximum Gasteiger partial charge on any atom is 0.407 e. The van der Waals surface area contributed by atoms with E-state index in [4.69, 9.17) is 4.74 Å². The first kappa shape index (κ1) is 16.5. The van der Waals surface area contributed by atoms with E-state index < -0.39 is 0 Å². The molecule has 0 bridgehead atoms. The fourth-order valence-corrected chi connectivity index (χ4v) is 6.37. The van der Waals surface area contributed by atoms with Gasteiger partial charge in [-0.05, 0) is 74.5 Å². The van der Waals surface area contributed by atoms with Crippen molar-refractivity contribution in [2.75, 3.05) is 6.54 Å². The van der Waals surface area contributed by atoms with Crippen molar-refractivity contribution >= 4 is 6.09 Å². The first-order chi connectivity index (χ1) is 11.8. The first-order valence-corrected chi connectivity index (χ1v) is 10.4. The highest BCUT2D eigenvalue weighted by molar-refractivity contribution is 5.67. The van der Waals surface area contributed by atoms with Crippen molar-refractivity contribution in [2.45, 2.75) is 77.2 Å². The van der Waals surface area contributed by atoms with Crippen LogP contribution in [-0.4, -0.2) is 18.7 Å². The van der Waals surface area contributed by atoms with Crippen LogP contribution in [0.3, 0.4) is 0 Å². The lowest BCUT2D eigenvalue weighted by Gasteiger charge is -2.49. The normalized spacial score (nSPS) is 40.8. The first-order valence-electron chi connectivity index (χ1n) is 10.4. The third kappa shape index (κ3) is 3.11. The standard InChI is InChI=1S/C21H33NO2/c1-2-12-22-21(23)24-16-8-11-18-15(13-16)7-10-19-17-5-3-4-14(17)6-9-20(18)19/h7,14,16-20H,2-6,8-13H2,1H3,(H,22,23)/t14?,16-,17+,18?,19-,20+/m0/s1. The van der Waals surface area contributed by atoms with Crippen molar-refractivity contribution in [2.24, 2.45) is 29.6 Å². The highest BCUT2D eigenvalue weighted by Gasteiger charge is 2.47. The molecule has 4 aliphatic rings. The van der Waals surface area contributed by atoms with Gasteiger partial charge in [0.1, 0.15) is 6.10 Å². The number of alkyl carbamates (subject to hydrolysis) is 1. The molecule has 0 aromatic carbocycles. The Morgan fingerprint density at radius 3 is 2.92 bits per heavy atom. The average molecular weight is 332 g/mol. The zero-order valence-electron chi connectivity index (χ0n) is 15.1. The van der Waals surface area contributed by atoms with Gasteiger partial charge in [-0.25, -0.2) is 4.79 Å². The number of nitrogens with one attached hydrogen (secondary N) is 1. The van der Waals surface area contributed by atoms with Crippen molar-refractivity contribution in [1.82, 2.24) is 5.32 Å². The van der Waals surface area contributed by atoms with Gasteiger partial charge in [-0.1, -0.05) is 31.4 Å². The number of hydrogen-bond acceptors (Lipinski definition) is 2. The Morgan fingerprint density at radius 1 is 1.12 bits per heavy atom. The van der Waals surface area contributed by atoms with Crippen LogP contribution < -0.4 is 5.32 Å². The highest BCUT2D eigenvalue weighted by atomic mass is 16.6. The van der Waals surface area contributed by atoms with Crippen LogP contribution in [0.15, 0.2) is 11.6 Å². The maximum absolute atomic E-state index is 11.8. The summed E-state index contributed by atoms with van der Waals surface area (Å²) in [6.07, 6.45) is 15.4. The summed E-state index contributed by atoms with van der Waals surface area (Å²) >= 11 is 0. The number of ether oxygens (including phenoxy) is 1. The second-order valence-corrected chi connectivity index (χ2v) is 8.62. The summed E-state index contributed by atoms with van der Waals surface area (Å²) in [7, 11) is 0. The minimum absolute atomic E-state index is 0.101. The molecule has 3 heteroatoms. The van der Waals surface area contributed by atoms with Gasteiger partial charge in [0.05, 0.1) is 0 Å². The molecule has 0 spiro atoms. The summed E-state index contributed by atoms with van der Waals surface area (Å²) in [6.45, 7) is 2.77. The Bertz CT molecular complexity index is 500. The van der Waals surface area contributed by atoms with Crippen LogP contribution in [0.5, 0.6) is 0 Å². The lowest BCUT2D eigenvalue weighted by molar-refractivity contribution is 0.0344. The Morgan fingerprint density at radius 2 is 2.04 bits per heavy atom. The quantitative estimate of drug-likeness (QED) is 0.734. The van der Waals surface area contributed by atoms with Crippen LogP contribution in [0.4, 0.5) is 4.79 Å². The fourth-order valence-electron chi connectivity index (χ4n) is 6.37. The Hall–Kier alpha value is -0.990. The number of amides is 1. The molecule has 134 valence electrons. The molecule has 0 radical (unpaired) electrons. The predicted molar refractivity (Wildman–Crippen MR) is 95.6 cm³/mol. The van der Waals surface area contributed by atoms with Gasteiger partial charge in [0, 0.05) is 13.0 Å². The summed E-state index contributed by atoms with van der Waals surface area (Å²) in [5, 5.41) is 2.84. The van der Waals surface area contributed by atoms with Gasteiger partial charge in [-0.3, -0.25) is 0 Å². The van der Waals surface area contributed by atoms with Crippen LogP contribution in [0.1, 0.15) is 71.1 Å². The number of allylic oxidation sites excluding steroid dienone is 1. The summed E-state index contributed by atoms with van der Waals surface area (Å²) in [4.78, 5) is 11.8. The van der Waals surface area contributed by atoms with E-state index in [0.717, 1.165) is 48.9 Å². The smallest absolute Gasteiger partial charge is 0.407 e. The van der Waals surface area contributed by atoms with Crippen LogP contribution in [0.25, 0.3) is 0 Å². The van der Waals surface area contributed by atoms with Gasteiger partial charge >= 0.3 is 6.09 Å². The molecule has 0 saturated heterocycles. The summed E-state index contributed by atoms with van der Waals surface area (Å²) < 4.78 is 5.66. The van der Waals surface area contributed by atoms with Crippen LogP contribution in [-0.2, 0) is 4.74 Å². The number of fused-ring (bicyclic) bond motifs is 5. The third-order valence-corrected chi connectivity index (χ3v) is 7.39. The van der Waals surface area contributed by atoms with Crippen LogP contribution in [0.2, 0.25) is 0 Å². The summed E-state index contributed by atoms with van der Waals surface area (Å²) in [5.41, 5.74) is 1.62. The number of hydrogen-bond donors (Lipinski definition) is 1. The molecule has 1 amide bonds. The van der Waals surface area contributed by atoms with Gasteiger partial charge in [-0.2, -0.15) is 0 Å². The molecule has 4 rings (SSSR count). The monoisotopic (exact) mass is 331 g/mol.